The van der Waals surface area contributed by atoms with Gasteiger partial charge in [-0.1, -0.05) is 77.2 Å². The van der Waals surface area contributed by atoms with Crippen LogP contribution >= 0.6 is 0 Å². The summed E-state index contributed by atoms with van der Waals surface area (Å²) in [5.41, 5.74) is 3.10. The van der Waals surface area contributed by atoms with E-state index in [1.807, 2.05) is 6.08 Å². The molecule has 0 bridgehead atoms. The van der Waals surface area contributed by atoms with Gasteiger partial charge in [-0.3, -0.25) is 0 Å². The minimum atomic E-state index is -0.890. The van der Waals surface area contributed by atoms with Crippen LogP contribution < -0.4 is 0 Å². The standard InChI is InChI=1S/C20H34O2/c1-2-3-4-5-6-7-8-9-10-11-12-13-14-15-16-17-18-19-20(21)22/h14,16,18-19H,2-13,17H2,1H3,(H,21,22). The highest BCUT2D eigenvalue weighted by Gasteiger charge is 1.92. The number of allylic oxidation sites excluding steroid dienone is 2. The van der Waals surface area contributed by atoms with E-state index in [-0.39, 0.29) is 0 Å². The summed E-state index contributed by atoms with van der Waals surface area (Å²) in [4.78, 5) is 10.2. The SMILES string of the molecule is CCCCCCCCCCCCCC=C=CCC=CC(=O)O. The van der Waals surface area contributed by atoms with Crippen LogP contribution in [0.15, 0.2) is 30.0 Å². The third-order valence-electron chi connectivity index (χ3n) is 3.70. The first kappa shape index (κ1) is 20.7. The van der Waals surface area contributed by atoms with Gasteiger partial charge in [0.2, 0.25) is 0 Å². The highest BCUT2D eigenvalue weighted by molar-refractivity contribution is 5.79. The van der Waals surface area contributed by atoms with Gasteiger partial charge in [0.15, 0.2) is 0 Å². The fraction of sp³-hybridized carbons (Fsp3) is 0.700. The molecule has 22 heavy (non-hydrogen) atoms. The van der Waals surface area contributed by atoms with Gasteiger partial charge in [0.1, 0.15) is 0 Å². The summed E-state index contributed by atoms with van der Waals surface area (Å²) in [5.74, 6) is -0.890. The third-order valence-corrected chi connectivity index (χ3v) is 3.70. The lowest BCUT2D eigenvalue weighted by Crippen LogP contribution is -1.84. The normalized spacial score (nSPS) is 10.6. The topological polar surface area (TPSA) is 37.3 Å². The maximum atomic E-state index is 10.2. The van der Waals surface area contributed by atoms with E-state index >= 15 is 0 Å². The molecule has 0 aliphatic heterocycles. The van der Waals surface area contributed by atoms with Crippen LogP contribution in [0, 0.1) is 0 Å². The van der Waals surface area contributed by atoms with E-state index in [4.69, 9.17) is 5.11 Å². The Bertz CT molecular complexity index is 336. The van der Waals surface area contributed by atoms with E-state index in [9.17, 15) is 4.79 Å². The molecule has 0 saturated carbocycles. The zero-order valence-electron chi connectivity index (χ0n) is 14.4. The molecule has 0 aromatic rings. The Labute approximate surface area is 137 Å². The fourth-order valence-electron chi connectivity index (χ4n) is 2.38. The van der Waals surface area contributed by atoms with Crippen LogP contribution in [0.5, 0.6) is 0 Å². The highest BCUT2D eigenvalue weighted by atomic mass is 16.4. The maximum Gasteiger partial charge on any atom is 0.327 e. The van der Waals surface area contributed by atoms with Crippen molar-refractivity contribution in [1.29, 1.82) is 0 Å². The van der Waals surface area contributed by atoms with Crippen molar-refractivity contribution < 1.29 is 9.90 Å². The van der Waals surface area contributed by atoms with Crippen molar-refractivity contribution >= 4 is 5.97 Å². The second kappa shape index (κ2) is 17.8. The van der Waals surface area contributed by atoms with E-state index in [0.29, 0.717) is 6.42 Å². The summed E-state index contributed by atoms with van der Waals surface area (Å²) in [5, 5.41) is 8.41. The number of aliphatic carboxylic acids is 1. The van der Waals surface area contributed by atoms with Gasteiger partial charge in [0, 0.05) is 6.08 Å². The van der Waals surface area contributed by atoms with Crippen molar-refractivity contribution in [2.45, 2.75) is 90.4 Å². The molecule has 0 rings (SSSR count). The largest absolute Gasteiger partial charge is 0.478 e. The zero-order valence-corrected chi connectivity index (χ0v) is 14.4. The van der Waals surface area contributed by atoms with Gasteiger partial charge < -0.3 is 5.11 Å². The molecule has 0 aromatic carbocycles. The van der Waals surface area contributed by atoms with Gasteiger partial charge in [-0.2, -0.15) is 0 Å². The van der Waals surface area contributed by atoms with Crippen LogP contribution in [0.3, 0.4) is 0 Å². The van der Waals surface area contributed by atoms with Crippen LogP contribution in [-0.2, 0) is 4.79 Å². The van der Waals surface area contributed by atoms with Crippen LogP contribution in [0.1, 0.15) is 90.4 Å². The zero-order chi connectivity index (χ0) is 16.3. The van der Waals surface area contributed by atoms with Crippen molar-refractivity contribution in [2.75, 3.05) is 0 Å². The quantitative estimate of drug-likeness (QED) is 0.215. The summed E-state index contributed by atoms with van der Waals surface area (Å²) in [7, 11) is 0. The summed E-state index contributed by atoms with van der Waals surface area (Å²) in [6, 6.07) is 0. The predicted octanol–water partition coefficient (Wildman–Crippen LogP) is 6.43. The molecular weight excluding hydrogens is 272 g/mol. The summed E-state index contributed by atoms with van der Waals surface area (Å²) in [6.45, 7) is 2.27. The molecule has 0 heterocycles. The Morgan fingerprint density at radius 3 is 1.95 bits per heavy atom. The van der Waals surface area contributed by atoms with Gasteiger partial charge in [-0.05, 0) is 31.4 Å². The van der Waals surface area contributed by atoms with E-state index in [1.165, 1.54) is 76.7 Å². The number of carboxylic acids is 1. The number of carbonyl (C=O) groups is 1. The summed E-state index contributed by atoms with van der Waals surface area (Å²) >= 11 is 0. The smallest absolute Gasteiger partial charge is 0.327 e. The molecule has 0 fully saturated rings. The van der Waals surface area contributed by atoms with Gasteiger partial charge >= 0.3 is 5.97 Å². The molecular formula is C20H34O2. The fourth-order valence-corrected chi connectivity index (χ4v) is 2.38. The van der Waals surface area contributed by atoms with Crippen molar-refractivity contribution in [3.63, 3.8) is 0 Å². The second-order valence-corrected chi connectivity index (χ2v) is 5.88. The molecule has 126 valence electrons. The molecule has 0 atom stereocenters. The average Bonchev–Trinajstić information content (AvgIpc) is 2.50. The molecule has 2 heteroatoms. The number of hydrogen-bond acceptors (Lipinski definition) is 1. The predicted molar refractivity (Wildman–Crippen MR) is 95.1 cm³/mol. The van der Waals surface area contributed by atoms with Gasteiger partial charge in [0.25, 0.3) is 0 Å². The maximum absolute atomic E-state index is 10.2. The van der Waals surface area contributed by atoms with Crippen molar-refractivity contribution in [3.8, 4) is 0 Å². The molecule has 2 nitrogen and oxygen atoms in total. The molecule has 0 amide bonds. The van der Waals surface area contributed by atoms with E-state index < -0.39 is 5.97 Å². The van der Waals surface area contributed by atoms with Crippen molar-refractivity contribution in [1.82, 2.24) is 0 Å². The lowest BCUT2D eigenvalue weighted by molar-refractivity contribution is -0.131. The van der Waals surface area contributed by atoms with E-state index in [0.717, 1.165) is 6.42 Å². The lowest BCUT2D eigenvalue weighted by Gasteiger charge is -2.01. The van der Waals surface area contributed by atoms with Crippen molar-refractivity contribution in [3.05, 3.63) is 30.0 Å². The molecule has 0 saturated heterocycles. The first-order chi connectivity index (χ1) is 10.8. The molecule has 0 spiro atoms. The Kier molecular flexibility index (Phi) is 16.8. The van der Waals surface area contributed by atoms with Gasteiger partial charge in [-0.25, -0.2) is 4.79 Å². The Morgan fingerprint density at radius 2 is 1.41 bits per heavy atom. The average molecular weight is 306 g/mol. The minimum absolute atomic E-state index is 0.640. The van der Waals surface area contributed by atoms with Gasteiger partial charge in [-0.15, -0.1) is 5.73 Å². The van der Waals surface area contributed by atoms with Crippen LogP contribution in [0.25, 0.3) is 0 Å². The first-order valence-corrected chi connectivity index (χ1v) is 9.06. The summed E-state index contributed by atoms with van der Waals surface area (Å²) < 4.78 is 0. The van der Waals surface area contributed by atoms with Gasteiger partial charge in [0.05, 0.1) is 0 Å². The number of carboxylic acid groups (broad SMARTS) is 1. The van der Waals surface area contributed by atoms with Crippen LogP contribution in [-0.4, -0.2) is 11.1 Å². The summed E-state index contributed by atoms with van der Waals surface area (Å²) in [6.07, 6.45) is 23.6. The van der Waals surface area contributed by atoms with E-state index in [1.54, 1.807) is 6.08 Å². The molecule has 0 aliphatic carbocycles. The molecule has 0 unspecified atom stereocenters. The third kappa shape index (κ3) is 18.7. The monoisotopic (exact) mass is 306 g/mol. The van der Waals surface area contributed by atoms with Crippen LogP contribution in [0.2, 0.25) is 0 Å². The molecule has 0 radical (unpaired) electrons. The molecule has 1 N–H and O–H groups in total. The minimum Gasteiger partial charge on any atom is -0.478 e. The highest BCUT2D eigenvalue weighted by Crippen LogP contribution is 2.11. The number of rotatable bonds is 15. The Hall–Kier alpha value is -1.27. The number of hydrogen-bond donors (Lipinski definition) is 1. The second-order valence-electron chi connectivity index (χ2n) is 5.88. The Balaban J connectivity index is 3.22. The lowest BCUT2D eigenvalue weighted by atomic mass is 10.1. The van der Waals surface area contributed by atoms with E-state index in [2.05, 4.69) is 18.7 Å². The van der Waals surface area contributed by atoms with Crippen LogP contribution in [0.4, 0.5) is 0 Å². The first-order valence-electron chi connectivity index (χ1n) is 9.06. The Morgan fingerprint density at radius 1 is 0.864 bits per heavy atom. The molecule has 0 aliphatic rings. The van der Waals surface area contributed by atoms with Crippen molar-refractivity contribution in [2.24, 2.45) is 0 Å². The number of unbranched alkanes of at least 4 members (excludes halogenated alkanes) is 11. The molecule has 0 aromatic heterocycles.